The molecule has 0 heterocycles. The predicted octanol–water partition coefficient (Wildman–Crippen LogP) is 0.925. The number of carboxylic acids is 1. The molecule has 0 spiro atoms. The van der Waals surface area contributed by atoms with Crippen molar-refractivity contribution in [2.45, 2.75) is 51.0 Å². The van der Waals surface area contributed by atoms with Crippen LogP contribution in [0.2, 0.25) is 0 Å². The molecule has 1 aliphatic rings. The van der Waals surface area contributed by atoms with Crippen LogP contribution in [0.1, 0.15) is 44.9 Å². The number of methoxy groups -OCH3 is 1. The number of aliphatic hydroxyl groups is 1. The molecule has 0 bridgehead atoms. The molecule has 0 aromatic rings. The van der Waals surface area contributed by atoms with E-state index in [1.165, 1.54) is 7.11 Å². The molecule has 1 amide bonds. The monoisotopic (exact) mass is 287 g/mol. The summed E-state index contributed by atoms with van der Waals surface area (Å²) in [6.45, 7) is 0.563. The van der Waals surface area contributed by atoms with Crippen LogP contribution in [0.4, 0.5) is 0 Å². The average molecular weight is 287 g/mol. The molecular formula is C14H25NO5. The van der Waals surface area contributed by atoms with Gasteiger partial charge in [0.25, 0.3) is 0 Å². The molecule has 6 nitrogen and oxygen atoms in total. The summed E-state index contributed by atoms with van der Waals surface area (Å²) >= 11 is 0. The van der Waals surface area contributed by atoms with E-state index in [1.54, 1.807) is 0 Å². The molecule has 0 aliphatic heterocycles. The van der Waals surface area contributed by atoms with Gasteiger partial charge in [-0.25, -0.2) is 0 Å². The maximum atomic E-state index is 11.9. The fourth-order valence-electron chi connectivity index (χ4n) is 2.72. The minimum Gasteiger partial charge on any atom is -0.481 e. The van der Waals surface area contributed by atoms with Crippen molar-refractivity contribution in [1.29, 1.82) is 0 Å². The molecule has 116 valence electrons. The fraction of sp³-hybridized carbons (Fsp3) is 0.857. The Hall–Kier alpha value is -1.14. The Morgan fingerprint density at radius 1 is 1.30 bits per heavy atom. The molecular weight excluding hydrogens is 262 g/mol. The van der Waals surface area contributed by atoms with Crippen LogP contribution in [0, 0.1) is 5.41 Å². The summed E-state index contributed by atoms with van der Waals surface area (Å²) in [7, 11) is 1.50. The van der Waals surface area contributed by atoms with Crippen molar-refractivity contribution in [2.75, 3.05) is 20.3 Å². The Labute approximate surface area is 119 Å². The van der Waals surface area contributed by atoms with Crippen LogP contribution in [0.15, 0.2) is 0 Å². The minimum atomic E-state index is -0.895. The topological polar surface area (TPSA) is 95.9 Å². The molecule has 6 heteroatoms. The number of carboxylic acid groups (broad SMARTS) is 1. The van der Waals surface area contributed by atoms with E-state index in [0.29, 0.717) is 25.8 Å². The molecule has 0 radical (unpaired) electrons. The van der Waals surface area contributed by atoms with E-state index in [9.17, 15) is 19.8 Å². The van der Waals surface area contributed by atoms with Crippen molar-refractivity contribution < 1.29 is 24.5 Å². The number of carbonyl (C=O) groups is 2. The first kappa shape index (κ1) is 16.9. The number of carbonyl (C=O) groups excluding carboxylic acids is 1. The van der Waals surface area contributed by atoms with Crippen molar-refractivity contribution in [1.82, 2.24) is 5.32 Å². The van der Waals surface area contributed by atoms with Crippen molar-refractivity contribution in [3.05, 3.63) is 0 Å². The number of aliphatic carboxylic acids is 1. The number of aliphatic hydroxyl groups excluding tert-OH is 1. The van der Waals surface area contributed by atoms with Crippen LogP contribution < -0.4 is 5.32 Å². The largest absolute Gasteiger partial charge is 0.481 e. The first-order valence-corrected chi connectivity index (χ1v) is 7.17. The van der Waals surface area contributed by atoms with Gasteiger partial charge in [0.05, 0.1) is 18.1 Å². The summed E-state index contributed by atoms with van der Waals surface area (Å²) in [5.41, 5.74) is -0.895. The summed E-state index contributed by atoms with van der Waals surface area (Å²) in [6.07, 6.45) is 3.74. The summed E-state index contributed by atoms with van der Waals surface area (Å²) in [4.78, 5) is 23.3. The lowest BCUT2D eigenvalue weighted by Crippen LogP contribution is -2.39. The number of rotatable bonds is 8. The van der Waals surface area contributed by atoms with Crippen LogP contribution in [-0.4, -0.2) is 48.5 Å². The van der Waals surface area contributed by atoms with Gasteiger partial charge < -0.3 is 20.3 Å². The molecule has 1 fully saturated rings. The van der Waals surface area contributed by atoms with E-state index < -0.39 is 17.5 Å². The highest BCUT2D eigenvalue weighted by atomic mass is 16.5. The first-order chi connectivity index (χ1) is 9.50. The average Bonchev–Trinajstić information content (AvgIpc) is 2.39. The van der Waals surface area contributed by atoms with E-state index in [1.807, 2.05) is 0 Å². The Morgan fingerprint density at radius 2 is 1.95 bits per heavy atom. The van der Waals surface area contributed by atoms with Crippen LogP contribution in [0.3, 0.4) is 0 Å². The normalized spacial score (nSPS) is 19.3. The zero-order valence-corrected chi connectivity index (χ0v) is 12.1. The van der Waals surface area contributed by atoms with E-state index >= 15 is 0 Å². The molecule has 20 heavy (non-hydrogen) atoms. The van der Waals surface area contributed by atoms with Crippen LogP contribution in [-0.2, 0) is 14.3 Å². The number of hydrogen-bond acceptors (Lipinski definition) is 4. The molecule has 1 saturated carbocycles. The van der Waals surface area contributed by atoms with Crippen LogP contribution in [0.5, 0.6) is 0 Å². The maximum absolute atomic E-state index is 11.9. The highest BCUT2D eigenvalue weighted by Crippen LogP contribution is 2.39. The van der Waals surface area contributed by atoms with Gasteiger partial charge in [-0.3, -0.25) is 9.59 Å². The molecule has 1 aliphatic carbocycles. The lowest BCUT2D eigenvalue weighted by atomic mass is 9.71. The Morgan fingerprint density at radius 3 is 2.50 bits per heavy atom. The second kappa shape index (κ2) is 8.21. The molecule has 1 rings (SSSR count). The summed E-state index contributed by atoms with van der Waals surface area (Å²) in [5.74, 6) is -1.12. The first-order valence-electron chi connectivity index (χ1n) is 7.17. The SMILES string of the molecule is COCC(O)CCNC(=O)CC1(C(=O)O)CCCCC1. The van der Waals surface area contributed by atoms with Gasteiger partial charge in [0.15, 0.2) is 0 Å². The third-order valence-corrected chi connectivity index (χ3v) is 3.92. The van der Waals surface area contributed by atoms with Crippen molar-refractivity contribution in [3.63, 3.8) is 0 Å². The number of ether oxygens (including phenoxy) is 1. The smallest absolute Gasteiger partial charge is 0.310 e. The number of amides is 1. The molecule has 1 unspecified atom stereocenters. The standard InChI is InChI=1S/C14H25NO5/c1-20-10-11(16)5-8-15-12(17)9-14(13(18)19)6-3-2-4-7-14/h11,16H,2-10H2,1H3,(H,15,17)(H,18,19). The van der Waals surface area contributed by atoms with Crippen molar-refractivity contribution in [2.24, 2.45) is 5.41 Å². The predicted molar refractivity (Wildman–Crippen MR) is 73.3 cm³/mol. The van der Waals surface area contributed by atoms with E-state index in [2.05, 4.69) is 5.32 Å². The van der Waals surface area contributed by atoms with Crippen molar-refractivity contribution >= 4 is 11.9 Å². The van der Waals surface area contributed by atoms with E-state index in [0.717, 1.165) is 19.3 Å². The minimum absolute atomic E-state index is 0.0305. The van der Waals surface area contributed by atoms with E-state index in [4.69, 9.17) is 4.74 Å². The lowest BCUT2D eigenvalue weighted by Gasteiger charge is -2.32. The van der Waals surface area contributed by atoms with Gasteiger partial charge in [-0.05, 0) is 19.3 Å². The summed E-state index contributed by atoms with van der Waals surface area (Å²) in [6, 6.07) is 0. The molecule has 0 aromatic carbocycles. The summed E-state index contributed by atoms with van der Waals surface area (Å²) in [5, 5.41) is 21.5. The molecule has 3 N–H and O–H groups in total. The molecule has 0 saturated heterocycles. The van der Waals surface area contributed by atoms with Gasteiger partial charge in [-0.2, -0.15) is 0 Å². The zero-order valence-electron chi connectivity index (χ0n) is 12.1. The van der Waals surface area contributed by atoms with Gasteiger partial charge in [0, 0.05) is 20.1 Å². The van der Waals surface area contributed by atoms with Gasteiger partial charge in [0.1, 0.15) is 0 Å². The van der Waals surface area contributed by atoms with Crippen molar-refractivity contribution in [3.8, 4) is 0 Å². The molecule has 0 aromatic heterocycles. The lowest BCUT2D eigenvalue weighted by molar-refractivity contribution is -0.154. The Kier molecular flexibility index (Phi) is 6.95. The highest BCUT2D eigenvalue weighted by Gasteiger charge is 2.41. The van der Waals surface area contributed by atoms with Crippen LogP contribution >= 0.6 is 0 Å². The quantitative estimate of drug-likeness (QED) is 0.617. The highest BCUT2D eigenvalue weighted by molar-refractivity contribution is 5.85. The second-order valence-electron chi connectivity index (χ2n) is 5.57. The third-order valence-electron chi connectivity index (χ3n) is 3.92. The number of hydrogen-bond donors (Lipinski definition) is 3. The van der Waals surface area contributed by atoms with E-state index in [-0.39, 0.29) is 18.9 Å². The second-order valence-corrected chi connectivity index (χ2v) is 5.57. The Bertz CT molecular complexity index is 326. The Balaban J connectivity index is 2.37. The fourth-order valence-corrected chi connectivity index (χ4v) is 2.72. The number of nitrogens with one attached hydrogen (secondary N) is 1. The van der Waals surface area contributed by atoms with Gasteiger partial charge in [0.2, 0.25) is 5.91 Å². The van der Waals surface area contributed by atoms with Gasteiger partial charge in [-0.15, -0.1) is 0 Å². The zero-order chi connectivity index (χ0) is 15.0. The van der Waals surface area contributed by atoms with Gasteiger partial charge in [-0.1, -0.05) is 19.3 Å². The third kappa shape index (κ3) is 5.09. The van der Waals surface area contributed by atoms with Gasteiger partial charge >= 0.3 is 5.97 Å². The van der Waals surface area contributed by atoms with Crippen LogP contribution in [0.25, 0.3) is 0 Å². The summed E-state index contributed by atoms with van der Waals surface area (Å²) < 4.78 is 4.79. The maximum Gasteiger partial charge on any atom is 0.310 e. The molecule has 1 atom stereocenters.